The van der Waals surface area contributed by atoms with Gasteiger partial charge in [-0.05, 0) is 43.2 Å². The van der Waals surface area contributed by atoms with Crippen LogP contribution in [0.3, 0.4) is 0 Å². The zero-order valence-electron chi connectivity index (χ0n) is 13.8. The Morgan fingerprint density at radius 2 is 2.00 bits per heavy atom. The Bertz CT molecular complexity index is 815. The molecule has 0 bridgehead atoms. The van der Waals surface area contributed by atoms with Gasteiger partial charge in [-0.25, -0.2) is 9.37 Å². The van der Waals surface area contributed by atoms with Crippen molar-refractivity contribution in [1.29, 1.82) is 0 Å². The number of carbonyl (C=O) groups excluding carboxylic acids is 1. The van der Waals surface area contributed by atoms with E-state index < -0.39 is 0 Å². The largest absolute Gasteiger partial charge is 0.469 e. The van der Waals surface area contributed by atoms with Gasteiger partial charge < -0.3 is 9.73 Å². The number of carbonyl (C=O) groups is 1. The molecule has 2 heterocycles. The number of aryl methyl sites for hydroxylation is 1. The molecule has 5 nitrogen and oxygen atoms in total. The van der Waals surface area contributed by atoms with Crippen molar-refractivity contribution in [1.82, 2.24) is 15.3 Å². The van der Waals surface area contributed by atoms with Crippen molar-refractivity contribution in [3.8, 4) is 0 Å². The van der Waals surface area contributed by atoms with Crippen LogP contribution >= 0.6 is 0 Å². The zero-order valence-corrected chi connectivity index (χ0v) is 13.8. The maximum atomic E-state index is 13.2. The quantitative estimate of drug-likeness (QED) is 0.747. The first-order valence-corrected chi connectivity index (χ1v) is 7.99. The number of rotatable bonds is 6. The Morgan fingerprint density at radius 1 is 1.20 bits per heavy atom. The second-order valence-electron chi connectivity index (χ2n) is 5.71. The van der Waals surface area contributed by atoms with Crippen LogP contribution in [0.15, 0.2) is 59.5 Å². The van der Waals surface area contributed by atoms with Gasteiger partial charge in [-0.1, -0.05) is 12.1 Å². The maximum Gasteiger partial charge on any atom is 0.271 e. The number of halogens is 1. The second-order valence-corrected chi connectivity index (χ2v) is 5.71. The minimum absolute atomic E-state index is 0.0694. The summed E-state index contributed by atoms with van der Waals surface area (Å²) in [5.41, 5.74) is 1.97. The molecule has 1 unspecified atom stereocenters. The lowest BCUT2D eigenvalue weighted by molar-refractivity contribution is 0.0947. The Balaban J connectivity index is 1.66. The molecular formula is C19H18FN3O2. The first-order valence-electron chi connectivity index (χ1n) is 7.99. The van der Waals surface area contributed by atoms with Crippen molar-refractivity contribution in [2.45, 2.75) is 19.3 Å². The topological polar surface area (TPSA) is 68.0 Å². The minimum atomic E-state index is -0.284. The van der Waals surface area contributed by atoms with Crippen molar-refractivity contribution in [3.05, 3.63) is 83.6 Å². The van der Waals surface area contributed by atoms with Crippen molar-refractivity contribution < 1.29 is 13.6 Å². The third kappa shape index (κ3) is 4.29. The molecule has 0 aliphatic heterocycles. The van der Waals surface area contributed by atoms with Gasteiger partial charge in [0.25, 0.3) is 5.91 Å². The van der Waals surface area contributed by atoms with Crippen LogP contribution in [-0.4, -0.2) is 22.4 Å². The zero-order chi connectivity index (χ0) is 17.6. The van der Waals surface area contributed by atoms with Crippen LogP contribution in [0.5, 0.6) is 0 Å². The predicted octanol–water partition coefficient (Wildman–Crippen LogP) is 3.47. The standard InChI is InChI=1S/C19H18FN3O2/c1-13-11-23-17(12-22-13)19(24)21-9-8-16(18-3-2-10-25-18)14-4-6-15(20)7-5-14/h2-7,10-12,16H,8-9H2,1H3,(H,21,24). The molecule has 0 saturated carbocycles. The molecule has 2 aromatic heterocycles. The van der Waals surface area contributed by atoms with Crippen molar-refractivity contribution >= 4 is 5.91 Å². The highest BCUT2D eigenvalue weighted by Gasteiger charge is 2.18. The van der Waals surface area contributed by atoms with Gasteiger partial charge >= 0.3 is 0 Å². The molecule has 0 aliphatic rings. The molecule has 0 radical (unpaired) electrons. The smallest absolute Gasteiger partial charge is 0.271 e. The van der Waals surface area contributed by atoms with E-state index in [1.807, 2.05) is 19.1 Å². The van der Waals surface area contributed by atoms with Crippen molar-refractivity contribution in [3.63, 3.8) is 0 Å². The number of furan rings is 1. The summed E-state index contributed by atoms with van der Waals surface area (Å²) < 4.78 is 18.7. The van der Waals surface area contributed by atoms with Gasteiger partial charge in [0.1, 0.15) is 17.3 Å². The van der Waals surface area contributed by atoms with Crippen LogP contribution in [0.2, 0.25) is 0 Å². The molecule has 3 aromatic rings. The third-order valence-corrected chi connectivity index (χ3v) is 3.89. The summed E-state index contributed by atoms with van der Waals surface area (Å²) in [4.78, 5) is 20.2. The Labute approximate surface area is 144 Å². The molecule has 0 fully saturated rings. The molecule has 25 heavy (non-hydrogen) atoms. The first-order chi connectivity index (χ1) is 12.1. The number of amides is 1. The molecule has 1 N–H and O–H groups in total. The fourth-order valence-electron chi connectivity index (χ4n) is 2.59. The maximum absolute atomic E-state index is 13.2. The summed E-state index contributed by atoms with van der Waals surface area (Å²) >= 11 is 0. The molecule has 1 aromatic carbocycles. The highest BCUT2D eigenvalue weighted by Crippen LogP contribution is 2.28. The molecule has 6 heteroatoms. The number of hydrogen-bond donors (Lipinski definition) is 1. The van der Waals surface area contributed by atoms with E-state index in [1.165, 1.54) is 18.3 Å². The highest BCUT2D eigenvalue weighted by molar-refractivity contribution is 5.91. The SMILES string of the molecule is Cc1cnc(C(=O)NCCC(c2ccc(F)cc2)c2ccco2)cn1. The first kappa shape index (κ1) is 16.8. The van der Waals surface area contributed by atoms with Gasteiger partial charge in [-0.2, -0.15) is 0 Å². The van der Waals surface area contributed by atoms with Gasteiger partial charge in [0.15, 0.2) is 0 Å². The van der Waals surface area contributed by atoms with Gasteiger partial charge in [-0.15, -0.1) is 0 Å². The summed E-state index contributed by atoms with van der Waals surface area (Å²) in [7, 11) is 0. The predicted molar refractivity (Wildman–Crippen MR) is 90.7 cm³/mol. The summed E-state index contributed by atoms with van der Waals surface area (Å²) in [6.45, 7) is 2.24. The molecular weight excluding hydrogens is 321 g/mol. The van der Waals surface area contributed by atoms with Crippen LogP contribution in [-0.2, 0) is 0 Å². The number of benzene rings is 1. The molecule has 3 rings (SSSR count). The van der Waals surface area contributed by atoms with Crippen LogP contribution < -0.4 is 5.32 Å². The van der Waals surface area contributed by atoms with E-state index in [0.717, 1.165) is 17.0 Å². The van der Waals surface area contributed by atoms with Gasteiger partial charge in [0.2, 0.25) is 0 Å². The molecule has 1 amide bonds. The number of nitrogens with zero attached hydrogens (tertiary/aromatic N) is 2. The highest BCUT2D eigenvalue weighted by atomic mass is 19.1. The molecule has 1 atom stereocenters. The van der Waals surface area contributed by atoms with E-state index in [9.17, 15) is 9.18 Å². The van der Waals surface area contributed by atoms with Gasteiger partial charge in [-0.3, -0.25) is 9.78 Å². The molecule has 0 spiro atoms. The lowest BCUT2D eigenvalue weighted by atomic mass is 9.93. The van der Waals surface area contributed by atoms with Crippen LogP contribution in [0, 0.1) is 12.7 Å². The Kier molecular flexibility index (Phi) is 5.18. The van der Waals surface area contributed by atoms with E-state index in [4.69, 9.17) is 4.42 Å². The van der Waals surface area contributed by atoms with E-state index in [2.05, 4.69) is 15.3 Å². The number of aromatic nitrogens is 2. The second kappa shape index (κ2) is 7.70. The van der Waals surface area contributed by atoms with Gasteiger partial charge in [0.05, 0.1) is 18.2 Å². The van der Waals surface area contributed by atoms with Crippen molar-refractivity contribution in [2.24, 2.45) is 0 Å². The number of nitrogens with one attached hydrogen (secondary N) is 1. The third-order valence-electron chi connectivity index (χ3n) is 3.89. The van der Waals surface area contributed by atoms with E-state index >= 15 is 0 Å². The van der Waals surface area contributed by atoms with E-state index in [-0.39, 0.29) is 23.3 Å². The summed E-state index contributed by atoms with van der Waals surface area (Å²) in [5, 5.41) is 2.83. The summed E-state index contributed by atoms with van der Waals surface area (Å²) in [6, 6.07) is 10.00. The van der Waals surface area contributed by atoms with E-state index in [1.54, 1.807) is 24.6 Å². The summed E-state index contributed by atoms with van der Waals surface area (Å²) in [6.07, 6.45) is 5.23. The lowest BCUT2D eigenvalue weighted by Gasteiger charge is -2.15. The van der Waals surface area contributed by atoms with Crippen LogP contribution in [0.25, 0.3) is 0 Å². The van der Waals surface area contributed by atoms with E-state index in [0.29, 0.717) is 13.0 Å². The number of hydrogen-bond acceptors (Lipinski definition) is 4. The molecule has 128 valence electrons. The fraction of sp³-hybridized carbons (Fsp3) is 0.211. The fourth-order valence-corrected chi connectivity index (χ4v) is 2.59. The molecule has 0 aliphatic carbocycles. The average molecular weight is 339 g/mol. The average Bonchev–Trinajstić information content (AvgIpc) is 3.14. The normalized spacial score (nSPS) is 11.9. The lowest BCUT2D eigenvalue weighted by Crippen LogP contribution is -2.26. The minimum Gasteiger partial charge on any atom is -0.469 e. The molecule has 0 saturated heterocycles. The van der Waals surface area contributed by atoms with Gasteiger partial charge in [0, 0.05) is 18.7 Å². The monoisotopic (exact) mass is 339 g/mol. The summed E-state index contributed by atoms with van der Waals surface area (Å²) in [5.74, 6) is 0.147. The Hall–Kier alpha value is -3.02. The van der Waals surface area contributed by atoms with Crippen LogP contribution in [0.4, 0.5) is 4.39 Å². The Morgan fingerprint density at radius 3 is 2.64 bits per heavy atom. The van der Waals surface area contributed by atoms with Crippen molar-refractivity contribution in [2.75, 3.05) is 6.54 Å². The van der Waals surface area contributed by atoms with Crippen LogP contribution in [0.1, 0.15) is 39.8 Å².